The number of amides is 1. The van der Waals surface area contributed by atoms with Crippen molar-refractivity contribution in [2.45, 2.75) is 6.92 Å². The molecule has 0 atom stereocenters. The summed E-state index contributed by atoms with van der Waals surface area (Å²) in [5.74, 6) is -0.139. The third kappa shape index (κ3) is 2.97. The van der Waals surface area contributed by atoms with E-state index >= 15 is 0 Å². The number of carbonyl (C=O) groups excluding carboxylic acids is 1. The lowest BCUT2D eigenvalue weighted by molar-refractivity contribution is 0.102. The quantitative estimate of drug-likeness (QED) is 0.625. The minimum absolute atomic E-state index is 0.139. The third-order valence-electron chi connectivity index (χ3n) is 4.06. The van der Waals surface area contributed by atoms with Crippen molar-refractivity contribution in [2.75, 3.05) is 5.32 Å². The maximum Gasteiger partial charge on any atom is 0.255 e. The smallest absolute Gasteiger partial charge is 0.255 e. The lowest BCUT2D eigenvalue weighted by atomic mass is 10.1. The van der Waals surface area contributed by atoms with Crippen LogP contribution >= 0.6 is 0 Å². The van der Waals surface area contributed by atoms with Crippen LogP contribution in [-0.2, 0) is 0 Å². The summed E-state index contributed by atoms with van der Waals surface area (Å²) in [6, 6.07) is 19.3. The number of tetrazole rings is 1. The number of nitrogens with one attached hydrogen (secondary N) is 1. The van der Waals surface area contributed by atoms with Crippen molar-refractivity contribution in [1.82, 2.24) is 20.2 Å². The molecule has 0 aliphatic rings. The number of benzene rings is 3. The van der Waals surface area contributed by atoms with E-state index in [1.54, 1.807) is 4.68 Å². The van der Waals surface area contributed by atoms with E-state index in [1.807, 2.05) is 67.6 Å². The van der Waals surface area contributed by atoms with E-state index in [4.69, 9.17) is 0 Å². The molecular weight excluding hydrogens is 314 g/mol. The van der Waals surface area contributed by atoms with Crippen LogP contribution in [0.3, 0.4) is 0 Å². The molecule has 1 aromatic heterocycles. The van der Waals surface area contributed by atoms with E-state index < -0.39 is 0 Å². The van der Waals surface area contributed by atoms with Crippen LogP contribution in [0, 0.1) is 6.92 Å². The van der Waals surface area contributed by atoms with Crippen molar-refractivity contribution in [2.24, 2.45) is 0 Å². The maximum absolute atomic E-state index is 12.5. The zero-order valence-electron chi connectivity index (χ0n) is 13.5. The van der Waals surface area contributed by atoms with Crippen LogP contribution in [0.2, 0.25) is 0 Å². The SMILES string of the molecule is Cc1cc(NC(=O)c2ccc3ccccc3c2)ccc1-n1cnnn1. The Morgan fingerprint density at radius 1 is 1.00 bits per heavy atom. The molecular formula is C19H15N5O. The molecule has 0 fully saturated rings. The van der Waals surface area contributed by atoms with Crippen molar-refractivity contribution in [3.63, 3.8) is 0 Å². The van der Waals surface area contributed by atoms with E-state index in [0.717, 1.165) is 27.7 Å². The maximum atomic E-state index is 12.5. The first-order valence-electron chi connectivity index (χ1n) is 7.85. The Morgan fingerprint density at radius 3 is 2.60 bits per heavy atom. The highest BCUT2D eigenvalue weighted by atomic mass is 16.1. The van der Waals surface area contributed by atoms with Crippen LogP contribution in [-0.4, -0.2) is 26.1 Å². The van der Waals surface area contributed by atoms with Gasteiger partial charge in [0.15, 0.2) is 0 Å². The zero-order valence-corrected chi connectivity index (χ0v) is 13.5. The second kappa shape index (κ2) is 6.16. The minimum atomic E-state index is -0.139. The van der Waals surface area contributed by atoms with Gasteiger partial charge in [-0.1, -0.05) is 30.3 Å². The molecule has 1 N–H and O–H groups in total. The predicted molar refractivity (Wildman–Crippen MR) is 95.8 cm³/mol. The highest BCUT2D eigenvalue weighted by molar-refractivity contribution is 6.06. The van der Waals surface area contributed by atoms with Gasteiger partial charge in [-0.2, -0.15) is 0 Å². The second-order valence-electron chi connectivity index (χ2n) is 5.77. The van der Waals surface area contributed by atoms with Gasteiger partial charge in [-0.25, -0.2) is 4.68 Å². The zero-order chi connectivity index (χ0) is 17.2. The Kier molecular flexibility index (Phi) is 3.70. The molecule has 0 aliphatic carbocycles. The molecule has 0 saturated carbocycles. The van der Waals surface area contributed by atoms with Gasteiger partial charge in [-0.3, -0.25) is 4.79 Å². The topological polar surface area (TPSA) is 72.7 Å². The number of hydrogen-bond acceptors (Lipinski definition) is 4. The molecule has 25 heavy (non-hydrogen) atoms. The first-order chi connectivity index (χ1) is 12.2. The second-order valence-corrected chi connectivity index (χ2v) is 5.77. The standard InChI is InChI=1S/C19H15N5O/c1-13-10-17(8-9-18(13)24-12-20-22-23-24)21-19(25)16-7-6-14-4-2-3-5-15(14)11-16/h2-12H,1H3,(H,21,25). The Balaban J connectivity index is 1.58. The van der Waals surface area contributed by atoms with Crippen LogP contribution in [0.25, 0.3) is 16.5 Å². The summed E-state index contributed by atoms with van der Waals surface area (Å²) in [6.45, 7) is 1.95. The number of nitrogens with zero attached hydrogens (tertiary/aromatic N) is 4. The molecule has 122 valence electrons. The Bertz CT molecular complexity index is 1060. The summed E-state index contributed by atoms with van der Waals surface area (Å²) in [7, 11) is 0. The van der Waals surface area contributed by atoms with Gasteiger partial charge >= 0.3 is 0 Å². The molecule has 4 rings (SSSR count). The van der Waals surface area contributed by atoms with E-state index in [-0.39, 0.29) is 5.91 Å². The fourth-order valence-electron chi connectivity index (χ4n) is 2.80. The van der Waals surface area contributed by atoms with Crippen LogP contribution in [0.4, 0.5) is 5.69 Å². The highest BCUT2D eigenvalue weighted by Gasteiger charge is 2.09. The molecule has 0 unspecified atom stereocenters. The predicted octanol–water partition coefficient (Wildman–Crippen LogP) is 3.38. The van der Waals surface area contributed by atoms with Crippen LogP contribution in [0.5, 0.6) is 0 Å². The third-order valence-corrected chi connectivity index (χ3v) is 4.06. The number of anilines is 1. The molecule has 3 aromatic carbocycles. The number of aryl methyl sites for hydroxylation is 1. The lowest BCUT2D eigenvalue weighted by Gasteiger charge is -2.10. The summed E-state index contributed by atoms with van der Waals surface area (Å²) in [5.41, 5.74) is 3.19. The Labute approximate surface area is 144 Å². The first-order valence-corrected chi connectivity index (χ1v) is 7.85. The molecule has 0 bridgehead atoms. The summed E-state index contributed by atoms with van der Waals surface area (Å²) >= 11 is 0. The monoisotopic (exact) mass is 329 g/mol. The van der Waals surface area contributed by atoms with Gasteiger partial charge in [0.1, 0.15) is 6.33 Å². The largest absolute Gasteiger partial charge is 0.322 e. The number of carbonyl (C=O) groups is 1. The number of rotatable bonds is 3. The first kappa shape index (κ1) is 15.0. The van der Waals surface area contributed by atoms with Gasteiger partial charge in [-0.15, -0.1) is 5.10 Å². The molecule has 1 amide bonds. The summed E-state index contributed by atoms with van der Waals surface area (Å²) < 4.78 is 1.59. The number of hydrogen-bond donors (Lipinski definition) is 1. The molecule has 6 heteroatoms. The van der Waals surface area contributed by atoms with Crippen molar-refractivity contribution in [1.29, 1.82) is 0 Å². The van der Waals surface area contributed by atoms with E-state index in [0.29, 0.717) is 5.56 Å². The van der Waals surface area contributed by atoms with Crippen molar-refractivity contribution in [3.8, 4) is 5.69 Å². The summed E-state index contributed by atoms with van der Waals surface area (Å²) in [4.78, 5) is 12.5. The highest BCUT2D eigenvalue weighted by Crippen LogP contribution is 2.20. The minimum Gasteiger partial charge on any atom is -0.322 e. The van der Waals surface area contributed by atoms with Crippen molar-refractivity contribution < 1.29 is 4.79 Å². The van der Waals surface area contributed by atoms with Gasteiger partial charge in [-0.05, 0) is 64.0 Å². The van der Waals surface area contributed by atoms with E-state index in [1.165, 1.54) is 6.33 Å². The van der Waals surface area contributed by atoms with E-state index in [2.05, 4.69) is 20.8 Å². The molecule has 0 spiro atoms. The van der Waals surface area contributed by atoms with Gasteiger partial charge in [0.25, 0.3) is 5.91 Å². The van der Waals surface area contributed by atoms with Crippen LogP contribution in [0.15, 0.2) is 67.0 Å². The van der Waals surface area contributed by atoms with Gasteiger partial charge < -0.3 is 5.32 Å². The molecule has 4 aromatic rings. The fourth-order valence-corrected chi connectivity index (χ4v) is 2.80. The molecule has 1 heterocycles. The van der Waals surface area contributed by atoms with Gasteiger partial charge in [0, 0.05) is 11.3 Å². The lowest BCUT2D eigenvalue weighted by Crippen LogP contribution is -2.12. The average Bonchev–Trinajstić information content (AvgIpc) is 3.15. The number of aromatic nitrogens is 4. The van der Waals surface area contributed by atoms with Crippen molar-refractivity contribution in [3.05, 3.63) is 78.1 Å². The number of fused-ring (bicyclic) bond motifs is 1. The van der Waals surface area contributed by atoms with Crippen molar-refractivity contribution >= 4 is 22.4 Å². The Hall–Kier alpha value is -3.54. The molecule has 0 aliphatic heterocycles. The molecule has 0 saturated heterocycles. The van der Waals surface area contributed by atoms with Gasteiger partial charge in [0.05, 0.1) is 5.69 Å². The van der Waals surface area contributed by atoms with Gasteiger partial charge in [0.2, 0.25) is 0 Å². The normalized spacial score (nSPS) is 10.8. The van der Waals surface area contributed by atoms with Crippen LogP contribution < -0.4 is 5.32 Å². The average molecular weight is 329 g/mol. The van der Waals surface area contributed by atoms with Crippen LogP contribution in [0.1, 0.15) is 15.9 Å². The molecule has 0 radical (unpaired) electrons. The van der Waals surface area contributed by atoms with E-state index in [9.17, 15) is 4.79 Å². The summed E-state index contributed by atoms with van der Waals surface area (Å²) in [5, 5.41) is 16.2. The fraction of sp³-hybridized carbons (Fsp3) is 0.0526. The Morgan fingerprint density at radius 2 is 1.84 bits per heavy atom. The molecule has 6 nitrogen and oxygen atoms in total. The summed E-state index contributed by atoms with van der Waals surface area (Å²) in [6.07, 6.45) is 1.54.